The maximum atomic E-state index is 12.9. The van der Waals surface area contributed by atoms with Crippen molar-refractivity contribution in [2.75, 3.05) is 13.2 Å². The Labute approximate surface area is 150 Å². The van der Waals surface area contributed by atoms with Gasteiger partial charge in [-0.2, -0.15) is 0 Å². The topological polar surface area (TPSA) is 68.3 Å². The molecule has 1 aliphatic heterocycles. The summed E-state index contributed by atoms with van der Waals surface area (Å²) >= 11 is 3.32. The monoisotopic (exact) mass is 410 g/mol. The third kappa shape index (κ3) is 4.03. The molecular formula is C17H19BrN2O3S. The summed E-state index contributed by atoms with van der Waals surface area (Å²) in [7, 11) is -3.65. The van der Waals surface area contributed by atoms with Gasteiger partial charge >= 0.3 is 0 Å². The Bertz CT molecular complexity index is 777. The molecule has 0 saturated carbocycles. The van der Waals surface area contributed by atoms with Gasteiger partial charge in [0.1, 0.15) is 0 Å². The average molecular weight is 411 g/mol. The summed E-state index contributed by atoms with van der Waals surface area (Å²) in [6, 6.07) is 10.2. The molecule has 1 aromatic heterocycles. The molecule has 0 bridgehead atoms. The third-order valence-electron chi connectivity index (χ3n) is 4.19. The average Bonchev–Trinajstić information content (AvgIpc) is 2.61. The SMILES string of the molecule is O=S(=O)(NC(c1cccnc1)C1CCOCC1)c1ccccc1Br. The number of rotatable bonds is 5. The van der Waals surface area contributed by atoms with E-state index in [1.165, 1.54) is 0 Å². The van der Waals surface area contributed by atoms with Crippen LogP contribution < -0.4 is 4.72 Å². The van der Waals surface area contributed by atoms with Crippen LogP contribution >= 0.6 is 15.9 Å². The van der Waals surface area contributed by atoms with Crippen molar-refractivity contribution in [1.82, 2.24) is 9.71 Å². The van der Waals surface area contributed by atoms with Crippen LogP contribution in [0, 0.1) is 5.92 Å². The lowest BCUT2D eigenvalue weighted by Crippen LogP contribution is -2.36. The molecule has 0 aliphatic carbocycles. The van der Waals surface area contributed by atoms with Crippen LogP contribution in [0.1, 0.15) is 24.4 Å². The molecule has 0 radical (unpaired) electrons. The fraction of sp³-hybridized carbons (Fsp3) is 0.353. The van der Waals surface area contributed by atoms with Gasteiger partial charge in [0.2, 0.25) is 10.0 Å². The van der Waals surface area contributed by atoms with E-state index in [2.05, 4.69) is 25.6 Å². The van der Waals surface area contributed by atoms with Crippen molar-refractivity contribution in [3.8, 4) is 0 Å². The molecule has 7 heteroatoms. The zero-order valence-electron chi connectivity index (χ0n) is 13.1. The zero-order valence-corrected chi connectivity index (χ0v) is 15.5. The van der Waals surface area contributed by atoms with Gasteiger partial charge in [-0.05, 0) is 58.5 Å². The second-order valence-electron chi connectivity index (χ2n) is 5.77. The molecule has 0 spiro atoms. The van der Waals surface area contributed by atoms with Crippen molar-refractivity contribution in [3.05, 3.63) is 58.8 Å². The van der Waals surface area contributed by atoms with Crippen molar-refractivity contribution < 1.29 is 13.2 Å². The lowest BCUT2D eigenvalue weighted by atomic mass is 9.88. The molecule has 5 nitrogen and oxygen atoms in total. The van der Waals surface area contributed by atoms with Gasteiger partial charge in [-0.25, -0.2) is 13.1 Å². The Kier molecular flexibility index (Phi) is 5.65. The number of benzene rings is 1. The molecule has 1 fully saturated rings. The van der Waals surface area contributed by atoms with Gasteiger partial charge in [-0.3, -0.25) is 4.98 Å². The van der Waals surface area contributed by atoms with E-state index < -0.39 is 10.0 Å². The molecule has 1 saturated heterocycles. The van der Waals surface area contributed by atoms with Crippen LogP contribution in [0.2, 0.25) is 0 Å². The molecule has 3 rings (SSSR count). The normalized spacial score (nSPS) is 17.5. The Balaban J connectivity index is 1.93. The lowest BCUT2D eigenvalue weighted by Gasteiger charge is -2.31. The van der Waals surface area contributed by atoms with Gasteiger partial charge < -0.3 is 4.74 Å². The van der Waals surface area contributed by atoms with Crippen LogP contribution in [-0.2, 0) is 14.8 Å². The number of nitrogens with one attached hydrogen (secondary N) is 1. The summed E-state index contributed by atoms with van der Waals surface area (Å²) in [5, 5.41) is 0. The first-order valence-corrected chi connectivity index (χ1v) is 10.1. The molecule has 1 aliphatic rings. The summed E-state index contributed by atoms with van der Waals surface area (Å²) in [6.45, 7) is 1.30. The smallest absolute Gasteiger partial charge is 0.242 e. The molecule has 0 amide bonds. The van der Waals surface area contributed by atoms with Gasteiger partial charge in [0.05, 0.1) is 10.9 Å². The lowest BCUT2D eigenvalue weighted by molar-refractivity contribution is 0.0564. The Morgan fingerprint density at radius 3 is 2.58 bits per heavy atom. The van der Waals surface area contributed by atoms with Crippen LogP contribution in [0.4, 0.5) is 0 Å². The van der Waals surface area contributed by atoms with Crippen LogP contribution in [0.15, 0.2) is 58.2 Å². The molecular weight excluding hydrogens is 392 g/mol. The number of sulfonamides is 1. The minimum absolute atomic E-state index is 0.181. The van der Waals surface area contributed by atoms with Gasteiger partial charge in [-0.15, -0.1) is 0 Å². The number of nitrogens with zero attached hydrogens (tertiary/aromatic N) is 1. The summed E-state index contributed by atoms with van der Waals surface area (Å²) in [5.74, 6) is 0.181. The molecule has 128 valence electrons. The van der Waals surface area contributed by atoms with Crippen molar-refractivity contribution in [1.29, 1.82) is 0 Å². The summed E-state index contributed by atoms with van der Waals surface area (Å²) in [6.07, 6.45) is 5.05. The number of pyridine rings is 1. The Hall–Kier alpha value is -1.28. The van der Waals surface area contributed by atoms with Gasteiger partial charge in [-0.1, -0.05) is 18.2 Å². The third-order valence-corrected chi connectivity index (χ3v) is 6.64. The minimum Gasteiger partial charge on any atom is -0.381 e. The van der Waals surface area contributed by atoms with E-state index in [-0.39, 0.29) is 16.9 Å². The molecule has 2 aromatic rings. The van der Waals surface area contributed by atoms with Crippen molar-refractivity contribution in [2.24, 2.45) is 5.92 Å². The number of halogens is 1. The largest absolute Gasteiger partial charge is 0.381 e. The number of ether oxygens (including phenoxy) is 1. The first-order valence-electron chi connectivity index (χ1n) is 7.82. The van der Waals surface area contributed by atoms with Crippen LogP contribution in [-0.4, -0.2) is 26.6 Å². The zero-order chi connectivity index (χ0) is 17.0. The highest BCUT2D eigenvalue weighted by atomic mass is 79.9. The highest BCUT2D eigenvalue weighted by Gasteiger charge is 2.30. The van der Waals surface area contributed by atoms with Gasteiger partial charge in [0, 0.05) is 30.1 Å². The van der Waals surface area contributed by atoms with Crippen LogP contribution in [0.5, 0.6) is 0 Å². The highest BCUT2D eigenvalue weighted by Crippen LogP contribution is 2.32. The predicted molar refractivity (Wildman–Crippen MR) is 95.0 cm³/mol. The number of hydrogen-bond acceptors (Lipinski definition) is 4. The fourth-order valence-corrected chi connectivity index (χ4v) is 5.24. The van der Waals surface area contributed by atoms with Crippen molar-refractivity contribution >= 4 is 26.0 Å². The van der Waals surface area contributed by atoms with Crippen molar-refractivity contribution in [2.45, 2.75) is 23.8 Å². The van der Waals surface area contributed by atoms with E-state index in [4.69, 9.17) is 4.74 Å². The second-order valence-corrected chi connectivity index (χ2v) is 8.30. The van der Waals surface area contributed by atoms with E-state index >= 15 is 0 Å². The fourth-order valence-electron chi connectivity index (χ4n) is 2.94. The molecule has 1 atom stereocenters. The molecule has 24 heavy (non-hydrogen) atoms. The summed E-state index contributed by atoms with van der Waals surface area (Å²) in [4.78, 5) is 4.39. The van der Waals surface area contributed by atoms with Crippen molar-refractivity contribution in [3.63, 3.8) is 0 Å². The second kappa shape index (κ2) is 7.74. The highest BCUT2D eigenvalue weighted by molar-refractivity contribution is 9.10. The first-order chi connectivity index (χ1) is 11.6. The molecule has 1 unspecified atom stereocenters. The van der Waals surface area contributed by atoms with Crippen LogP contribution in [0.25, 0.3) is 0 Å². The predicted octanol–water partition coefficient (Wildman–Crippen LogP) is 3.29. The summed E-state index contributed by atoms with van der Waals surface area (Å²) < 4.78 is 34.6. The quantitative estimate of drug-likeness (QED) is 0.820. The van der Waals surface area contributed by atoms with Gasteiger partial charge in [0.25, 0.3) is 0 Å². The van der Waals surface area contributed by atoms with E-state index in [0.717, 1.165) is 18.4 Å². The Morgan fingerprint density at radius 2 is 1.92 bits per heavy atom. The van der Waals surface area contributed by atoms with E-state index in [1.54, 1.807) is 36.7 Å². The van der Waals surface area contributed by atoms with Crippen LogP contribution in [0.3, 0.4) is 0 Å². The van der Waals surface area contributed by atoms with E-state index in [9.17, 15) is 8.42 Å². The molecule has 1 N–H and O–H groups in total. The standard InChI is InChI=1S/C17H19BrN2O3S/c18-15-5-1-2-6-16(15)24(21,22)20-17(13-7-10-23-11-8-13)14-4-3-9-19-12-14/h1-6,9,12-13,17,20H,7-8,10-11H2. The maximum absolute atomic E-state index is 12.9. The van der Waals surface area contributed by atoms with E-state index in [0.29, 0.717) is 17.7 Å². The van der Waals surface area contributed by atoms with Gasteiger partial charge in [0.15, 0.2) is 0 Å². The number of aromatic nitrogens is 1. The molecule has 2 heterocycles. The first kappa shape index (κ1) is 17.5. The number of hydrogen-bond donors (Lipinski definition) is 1. The Morgan fingerprint density at radius 1 is 1.17 bits per heavy atom. The maximum Gasteiger partial charge on any atom is 0.242 e. The molecule has 1 aromatic carbocycles. The minimum atomic E-state index is -3.65. The van der Waals surface area contributed by atoms with E-state index in [1.807, 2.05) is 12.1 Å². The summed E-state index contributed by atoms with van der Waals surface area (Å²) in [5.41, 5.74) is 0.875.